The third-order valence-corrected chi connectivity index (χ3v) is 4.51. The zero-order valence-corrected chi connectivity index (χ0v) is 14.3. The maximum absolute atomic E-state index is 12.5. The first-order valence-corrected chi connectivity index (χ1v) is 8.59. The lowest BCUT2D eigenvalue weighted by Crippen LogP contribution is -2.24. The Labute approximate surface area is 143 Å². The van der Waals surface area contributed by atoms with Gasteiger partial charge in [-0.25, -0.2) is 4.98 Å². The molecule has 0 radical (unpaired) electrons. The normalized spacial score (nSPS) is 14.6. The van der Waals surface area contributed by atoms with Gasteiger partial charge >= 0.3 is 0 Å². The van der Waals surface area contributed by atoms with Crippen molar-refractivity contribution in [3.63, 3.8) is 0 Å². The van der Waals surface area contributed by atoms with E-state index in [1.807, 2.05) is 44.2 Å². The van der Waals surface area contributed by atoms with Gasteiger partial charge in [0, 0.05) is 23.9 Å². The predicted octanol–water partition coefficient (Wildman–Crippen LogP) is 3.95. The van der Waals surface area contributed by atoms with Crippen LogP contribution < -0.4 is 10.1 Å². The Kier molecular flexibility index (Phi) is 5.14. The summed E-state index contributed by atoms with van der Waals surface area (Å²) in [7, 11) is 0. The highest BCUT2D eigenvalue weighted by molar-refractivity contribution is 5.95. The van der Waals surface area contributed by atoms with Crippen LogP contribution in [0.1, 0.15) is 52.7 Å². The van der Waals surface area contributed by atoms with Gasteiger partial charge in [0.05, 0.1) is 0 Å². The van der Waals surface area contributed by atoms with E-state index in [0.717, 1.165) is 35.1 Å². The fourth-order valence-electron chi connectivity index (χ4n) is 3.08. The van der Waals surface area contributed by atoms with Crippen LogP contribution >= 0.6 is 0 Å². The fourth-order valence-corrected chi connectivity index (χ4v) is 3.08. The first-order valence-electron chi connectivity index (χ1n) is 8.59. The first-order chi connectivity index (χ1) is 11.6. The van der Waals surface area contributed by atoms with E-state index in [1.54, 1.807) is 6.20 Å². The van der Waals surface area contributed by atoms with Crippen LogP contribution in [-0.2, 0) is 6.54 Å². The molecule has 4 heteroatoms. The van der Waals surface area contributed by atoms with E-state index < -0.39 is 0 Å². The number of benzene rings is 1. The van der Waals surface area contributed by atoms with Gasteiger partial charge in [-0.1, -0.05) is 23.8 Å². The number of pyridine rings is 1. The molecule has 1 heterocycles. The quantitative estimate of drug-likeness (QED) is 0.906. The second-order valence-corrected chi connectivity index (χ2v) is 6.49. The minimum absolute atomic E-state index is 0.0631. The molecule has 0 atom stereocenters. The molecule has 1 saturated carbocycles. The highest BCUT2D eigenvalue weighted by Crippen LogP contribution is 2.25. The van der Waals surface area contributed by atoms with Crippen molar-refractivity contribution in [2.45, 2.75) is 52.2 Å². The fraction of sp³-hybridized carbons (Fsp3) is 0.400. The first kappa shape index (κ1) is 16.5. The van der Waals surface area contributed by atoms with Crippen LogP contribution in [0.3, 0.4) is 0 Å². The second kappa shape index (κ2) is 7.47. The highest BCUT2D eigenvalue weighted by Gasteiger charge is 2.19. The number of hydrogen-bond donors (Lipinski definition) is 1. The Morgan fingerprint density at radius 2 is 2.04 bits per heavy atom. The number of nitrogens with zero attached hydrogens (tertiary/aromatic N) is 1. The Hall–Kier alpha value is -2.36. The molecule has 126 valence electrons. The van der Waals surface area contributed by atoms with Crippen LogP contribution in [-0.4, -0.2) is 17.0 Å². The van der Waals surface area contributed by atoms with Crippen LogP contribution in [0.15, 0.2) is 36.5 Å². The van der Waals surface area contributed by atoms with Crippen molar-refractivity contribution in [1.29, 1.82) is 0 Å². The average Bonchev–Trinajstić information content (AvgIpc) is 3.09. The predicted molar refractivity (Wildman–Crippen MR) is 94.2 cm³/mol. The molecule has 1 fully saturated rings. The van der Waals surface area contributed by atoms with Crippen molar-refractivity contribution in [2.75, 3.05) is 0 Å². The van der Waals surface area contributed by atoms with Gasteiger partial charge in [0.1, 0.15) is 6.10 Å². The Bertz CT molecular complexity index is 721. The molecule has 4 nitrogen and oxygen atoms in total. The van der Waals surface area contributed by atoms with Gasteiger partial charge < -0.3 is 10.1 Å². The summed E-state index contributed by atoms with van der Waals surface area (Å²) in [6, 6.07) is 9.75. The third-order valence-electron chi connectivity index (χ3n) is 4.51. The molecule has 1 aliphatic carbocycles. The number of rotatable bonds is 5. The molecular formula is C20H24N2O2. The van der Waals surface area contributed by atoms with Crippen LogP contribution in [0, 0.1) is 13.8 Å². The smallest absolute Gasteiger partial charge is 0.251 e. The van der Waals surface area contributed by atoms with Gasteiger partial charge in [0.15, 0.2) is 0 Å². The lowest BCUT2D eigenvalue weighted by Gasteiger charge is -2.15. The summed E-state index contributed by atoms with van der Waals surface area (Å²) >= 11 is 0. The van der Waals surface area contributed by atoms with Crippen LogP contribution in [0.25, 0.3) is 0 Å². The summed E-state index contributed by atoms with van der Waals surface area (Å²) in [5, 5.41) is 2.99. The molecule has 1 aromatic carbocycles. The number of amides is 1. The molecule has 0 spiro atoms. The summed E-state index contributed by atoms with van der Waals surface area (Å²) in [5.41, 5.74) is 3.70. The summed E-state index contributed by atoms with van der Waals surface area (Å²) in [5.74, 6) is 0.581. The van der Waals surface area contributed by atoms with E-state index in [-0.39, 0.29) is 12.0 Å². The van der Waals surface area contributed by atoms with Crippen molar-refractivity contribution in [3.05, 3.63) is 58.8 Å². The molecule has 0 unspecified atom stereocenters. The summed E-state index contributed by atoms with van der Waals surface area (Å²) in [6.45, 7) is 4.36. The van der Waals surface area contributed by atoms with E-state index in [2.05, 4.69) is 10.3 Å². The Balaban J connectivity index is 1.67. The number of ether oxygens (including phenoxy) is 1. The Morgan fingerprint density at radius 3 is 2.83 bits per heavy atom. The van der Waals surface area contributed by atoms with Crippen molar-refractivity contribution in [1.82, 2.24) is 10.3 Å². The van der Waals surface area contributed by atoms with Gasteiger partial charge in [-0.2, -0.15) is 0 Å². The van der Waals surface area contributed by atoms with Crippen molar-refractivity contribution < 1.29 is 9.53 Å². The molecule has 0 bridgehead atoms. The van der Waals surface area contributed by atoms with Crippen LogP contribution in [0.2, 0.25) is 0 Å². The molecule has 1 aliphatic rings. The molecule has 1 aromatic heterocycles. The van der Waals surface area contributed by atoms with Crippen LogP contribution in [0.5, 0.6) is 5.88 Å². The van der Waals surface area contributed by atoms with Gasteiger partial charge in [-0.3, -0.25) is 4.79 Å². The molecule has 2 aromatic rings. The molecule has 0 saturated heterocycles. The standard InChI is InChI=1S/C20H24N2O2/c1-14-9-10-15(2)18(12-14)19(23)22-13-16-6-5-11-21-20(16)24-17-7-3-4-8-17/h5-6,9-12,17H,3-4,7-8,13H2,1-2H3,(H,22,23). The third kappa shape index (κ3) is 3.94. The minimum Gasteiger partial charge on any atom is -0.474 e. The van der Waals surface area contributed by atoms with Gasteiger partial charge in [-0.05, 0) is 57.2 Å². The molecule has 1 N–H and O–H groups in total. The van der Waals surface area contributed by atoms with E-state index in [4.69, 9.17) is 4.74 Å². The van der Waals surface area contributed by atoms with E-state index in [9.17, 15) is 4.79 Å². The topological polar surface area (TPSA) is 51.2 Å². The number of hydrogen-bond acceptors (Lipinski definition) is 3. The second-order valence-electron chi connectivity index (χ2n) is 6.49. The summed E-state index contributed by atoms with van der Waals surface area (Å²) in [4.78, 5) is 16.8. The van der Waals surface area contributed by atoms with Gasteiger partial charge in [-0.15, -0.1) is 0 Å². The highest BCUT2D eigenvalue weighted by atomic mass is 16.5. The number of aromatic nitrogens is 1. The zero-order valence-electron chi connectivity index (χ0n) is 14.3. The average molecular weight is 324 g/mol. The summed E-state index contributed by atoms with van der Waals surface area (Å²) < 4.78 is 6.02. The number of carbonyl (C=O) groups excluding carboxylic acids is 1. The van der Waals surface area contributed by atoms with E-state index in [1.165, 1.54) is 12.8 Å². The molecule has 0 aliphatic heterocycles. The maximum atomic E-state index is 12.5. The SMILES string of the molecule is Cc1ccc(C)c(C(=O)NCc2cccnc2OC2CCCC2)c1. The lowest BCUT2D eigenvalue weighted by atomic mass is 10.1. The van der Waals surface area contributed by atoms with Gasteiger partial charge in [0.2, 0.25) is 5.88 Å². The molecule has 24 heavy (non-hydrogen) atoms. The van der Waals surface area contributed by atoms with Crippen molar-refractivity contribution in [3.8, 4) is 5.88 Å². The monoisotopic (exact) mass is 324 g/mol. The molecule has 3 rings (SSSR count). The molecular weight excluding hydrogens is 300 g/mol. The van der Waals surface area contributed by atoms with Crippen LogP contribution in [0.4, 0.5) is 0 Å². The number of carbonyl (C=O) groups is 1. The lowest BCUT2D eigenvalue weighted by molar-refractivity contribution is 0.0949. The minimum atomic E-state index is -0.0631. The largest absolute Gasteiger partial charge is 0.474 e. The zero-order chi connectivity index (χ0) is 16.9. The Morgan fingerprint density at radius 1 is 1.25 bits per heavy atom. The number of aryl methyl sites for hydroxylation is 2. The maximum Gasteiger partial charge on any atom is 0.251 e. The van der Waals surface area contributed by atoms with Gasteiger partial charge in [0.25, 0.3) is 5.91 Å². The van der Waals surface area contributed by atoms with E-state index in [0.29, 0.717) is 12.4 Å². The molecule has 1 amide bonds. The number of nitrogens with one attached hydrogen (secondary N) is 1. The summed E-state index contributed by atoms with van der Waals surface area (Å²) in [6.07, 6.45) is 6.61. The van der Waals surface area contributed by atoms with Crippen molar-refractivity contribution in [2.24, 2.45) is 0 Å². The van der Waals surface area contributed by atoms with E-state index >= 15 is 0 Å². The van der Waals surface area contributed by atoms with Crippen molar-refractivity contribution >= 4 is 5.91 Å².